The summed E-state index contributed by atoms with van der Waals surface area (Å²) < 4.78 is 13.0. The van der Waals surface area contributed by atoms with Crippen LogP contribution in [0.15, 0.2) is 45.8 Å². The minimum absolute atomic E-state index is 0.0484. The molecule has 4 bridgehead atoms. The molecule has 210 valence electrons. The Kier molecular flexibility index (Phi) is 7.94. The summed E-state index contributed by atoms with van der Waals surface area (Å²) in [6.07, 6.45) is 8.30. The molecule has 1 aliphatic heterocycles. The van der Waals surface area contributed by atoms with E-state index >= 15 is 0 Å². The molecule has 5 aliphatic rings. The summed E-state index contributed by atoms with van der Waals surface area (Å²) in [6, 6.07) is 11.2. The third kappa shape index (κ3) is 5.54. The van der Waals surface area contributed by atoms with E-state index in [9.17, 15) is 9.59 Å². The van der Waals surface area contributed by atoms with Crippen molar-refractivity contribution >= 4 is 73.7 Å². The molecule has 6 nitrogen and oxygen atoms in total. The first kappa shape index (κ1) is 28.1. The number of halogens is 2. The Morgan fingerprint density at radius 2 is 1.80 bits per heavy atom. The van der Waals surface area contributed by atoms with Crippen LogP contribution in [-0.4, -0.2) is 27.8 Å². The van der Waals surface area contributed by atoms with Gasteiger partial charge in [0.05, 0.1) is 21.4 Å². The van der Waals surface area contributed by atoms with Crippen LogP contribution < -0.4 is 14.9 Å². The second kappa shape index (κ2) is 11.3. The van der Waals surface area contributed by atoms with Gasteiger partial charge in [-0.25, -0.2) is 0 Å². The van der Waals surface area contributed by atoms with E-state index < -0.39 is 0 Å². The summed E-state index contributed by atoms with van der Waals surface area (Å²) in [5.41, 5.74) is 4.28. The second-order valence-electron chi connectivity index (χ2n) is 11.3. The highest BCUT2D eigenvalue weighted by Gasteiger charge is 2.55. The average Bonchev–Trinajstić information content (AvgIpc) is 3.16. The lowest BCUT2D eigenvalue weighted by Crippen LogP contribution is -2.57. The highest BCUT2D eigenvalue weighted by atomic mass is 79.9. The number of carbonyl (C=O) groups excluding carboxylic acids is 2. The van der Waals surface area contributed by atoms with Gasteiger partial charge in [0.1, 0.15) is 6.61 Å². The van der Waals surface area contributed by atoms with E-state index in [2.05, 4.69) is 21.4 Å². The molecule has 1 heterocycles. The number of nitrogens with zero attached hydrogens (tertiary/aromatic N) is 1. The zero-order valence-corrected chi connectivity index (χ0v) is 26.1. The van der Waals surface area contributed by atoms with Crippen LogP contribution in [0.2, 0.25) is 5.02 Å². The number of amides is 2. The molecule has 2 aromatic rings. The van der Waals surface area contributed by atoms with Gasteiger partial charge in [0.25, 0.3) is 5.91 Å². The van der Waals surface area contributed by atoms with Crippen LogP contribution in [0.25, 0.3) is 6.08 Å². The van der Waals surface area contributed by atoms with E-state index in [1.165, 1.54) is 36.0 Å². The highest BCUT2D eigenvalue weighted by molar-refractivity contribution is 9.10. The normalized spacial score (nSPS) is 27.9. The van der Waals surface area contributed by atoms with E-state index in [1.807, 2.05) is 43.3 Å². The van der Waals surface area contributed by atoms with E-state index in [0.29, 0.717) is 61.2 Å². The molecule has 4 aliphatic carbocycles. The fourth-order valence-electron chi connectivity index (χ4n) is 7.13. The molecule has 2 aromatic carbocycles. The summed E-state index contributed by atoms with van der Waals surface area (Å²) in [5.74, 6) is 2.68. The number of hydrogen-bond donors (Lipinski definition) is 1. The lowest BCUT2D eigenvalue weighted by atomic mass is 9.49. The number of ether oxygens (including phenoxy) is 2. The molecule has 0 unspecified atom stereocenters. The second-order valence-corrected chi connectivity index (χ2v) is 14.3. The monoisotopic (exact) mass is 660 g/mol. The van der Waals surface area contributed by atoms with E-state index in [0.717, 1.165) is 30.4 Å². The van der Waals surface area contributed by atoms with Crippen LogP contribution in [0, 0.1) is 23.2 Å². The Labute approximate surface area is 257 Å². The van der Waals surface area contributed by atoms with Gasteiger partial charge in [0.15, 0.2) is 15.8 Å². The standard InChI is InChI=1S/C30H30BrClN2O4S2/c1-2-37-24-11-18(10-23(31)26(24)38-16-17-3-5-22(32)6-4-17)12-25-27(35)34(29(39)40-25)33-28(36)30-13-19-7-20(14-30)9-21(8-19)15-30/h3-6,10-12,19-21H,2,7-9,13-16H2,1H3,(H,33,36)/b25-12+. The summed E-state index contributed by atoms with van der Waals surface area (Å²) >= 11 is 16.3. The number of thioether (sulfide) groups is 1. The Balaban J connectivity index is 1.18. The Bertz CT molecular complexity index is 1360. The van der Waals surface area contributed by atoms with Crippen molar-refractivity contribution in [1.29, 1.82) is 0 Å². The molecule has 0 atom stereocenters. The van der Waals surface area contributed by atoms with Gasteiger partial charge in [-0.1, -0.05) is 35.5 Å². The van der Waals surface area contributed by atoms with Gasteiger partial charge >= 0.3 is 0 Å². The molecule has 0 spiro atoms. The Hall–Kier alpha value is -2.07. The molecule has 1 N–H and O–H groups in total. The zero-order chi connectivity index (χ0) is 28.0. The maximum Gasteiger partial charge on any atom is 0.285 e. The maximum atomic E-state index is 13.6. The topological polar surface area (TPSA) is 67.9 Å². The van der Waals surface area contributed by atoms with Crippen molar-refractivity contribution in [3.63, 3.8) is 0 Å². The van der Waals surface area contributed by atoms with Gasteiger partial charge in [0.2, 0.25) is 5.91 Å². The smallest absolute Gasteiger partial charge is 0.285 e. The van der Waals surface area contributed by atoms with Gasteiger partial charge in [-0.3, -0.25) is 15.0 Å². The molecule has 2 amide bonds. The van der Waals surface area contributed by atoms with Crippen molar-refractivity contribution in [2.45, 2.75) is 52.1 Å². The predicted octanol–water partition coefficient (Wildman–Crippen LogP) is 7.53. The SMILES string of the molecule is CCOc1cc(/C=C2/SC(=S)N(NC(=O)C34CC5CC(CC(C5)C3)C4)C2=O)cc(Br)c1OCc1ccc(Cl)cc1. The van der Waals surface area contributed by atoms with Crippen molar-refractivity contribution < 1.29 is 19.1 Å². The number of carbonyl (C=O) groups is 2. The lowest BCUT2D eigenvalue weighted by molar-refractivity contribution is -0.152. The molecule has 0 radical (unpaired) electrons. The quantitative estimate of drug-likeness (QED) is 0.233. The molecule has 10 heteroatoms. The number of nitrogens with one attached hydrogen (secondary N) is 1. The van der Waals surface area contributed by atoms with Gasteiger partial charge in [-0.2, -0.15) is 5.01 Å². The fourth-order valence-corrected chi connectivity index (χ4v) is 9.01. The number of hydrazine groups is 1. The van der Waals surface area contributed by atoms with Crippen LogP contribution in [0.5, 0.6) is 11.5 Å². The summed E-state index contributed by atoms with van der Waals surface area (Å²) in [4.78, 5) is 27.4. The van der Waals surface area contributed by atoms with E-state index in [-0.39, 0.29) is 17.2 Å². The summed E-state index contributed by atoms with van der Waals surface area (Å²) in [7, 11) is 0. The summed E-state index contributed by atoms with van der Waals surface area (Å²) in [6.45, 7) is 2.70. The van der Waals surface area contributed by atoms with Crippen LogP contribution in [0.4, 0.5) is 0 Å². The van der Waals surface area contributed by atoms with Crippen molar-refractivity contribution in [3.8, 4) is 11.5 Å². The van der Waals surface area contributed by atoms with Crippen LogP contribution in [0.1, 0.15) is 56.6 Å². The first-order valence-corrected chi connectivity index (χ1v) is 16.0. The van der Waals surface area contributed by atoms with Crippen molar-refractivity contribution in [1.82, 2.24) is 10.4 Å². The van der Waals surface area contributed by atoms with Gasteiger partial charge in [0, 0.05) is 5.02 Å². The zero-order valence-electron chi connectivity index (χ0n) is 22.1. The van der Waals surface area contributed by atoms with Crippen molar-refractivity contribution in [2.75, 3.05) is 6.61 Å². The van der Waals surface area contributed by atoms with Gasteiger partial charge in [-0.05, 0) is 133 Å². The molecule has 40 heavy (non-hydrogen) atoms. The van der Waals surface area contributed by atoms with Gasteiger partial charge < -0.3 is 9.47 Å². The van der Waals surface area contributed by atoms with E-state index in [4.69, 9.17) is 33.3 Å². The Morgan fingerprint density at radius 1 is 1.15 bits per heavy atom. The molecular formula is C30H30BrClN2O4S2. The van der Waals surface area contributed by atoms with E-state index in [1.54, 1.807) is 6.08 Å². The molecule has 1 saturated heterocycles. The third-order valence-corrected chi connectivity index (χ3v) is 10.6. The number of benzene rings is 2. The van der Waals surface area contributed by atoms with Crippen LogP contribution in [-0.2, 0) is 16.2 Å². The molecule has 4 saturated carbocycles. The highest BCUT2D eigenvalue weighted by Crippen LogP contribution is 2.60. The average molecular weight is 662 g/mol. The fraction of sp³-hybridized carbons (Fsp3) is 0.433. The minimum atomic E-state index is -0.360. The largest absolute Gasteiger partial charge is 0.490 e. The predicted molar refractivity (Wildman–Crippen MR) is 165 cm³/mol. The first-order valence-electron chi connectivity index (χ1n) is 13.7. The van der Waals surface area contributed by atoms with Gasteiger partial charge in [-0.15, -0.1) is 0 Å². The number of rotatable bonds is 8. The molecule has 5 fully saturated rings. The van der Waals surface area contributed by atoms with Crippen LogP contribution in [0.3, 0.4) is 0 Å². The summed E-state index contributed by atoms with van der Waals surface area (Å²) in [5, 5.41) is 1.93. The maximum absolute atomic E-state index is 13.6. The molecule has 7 rings (SSSR count). The Morgan fingerprint density at radius 3 is 2.42 bits per heavy atom. The van der Waals surface area contributed by atoms with Crippen molar-refractivity contribution in [2.24, 2.45) is 23.2 Å². The third-order valence-electron chi connectivity index (χ3n) is 8.45. The number of hydrogen-bond acceptors (Lipinski definition) is 6. The first-order chi connectivity index (χ1) is 19.2. The molecule has 0 aromatic heterocycles. The molecular weight excluding hydrogens is 632 g/mol. The number of thiocarbonyl (C=S) groups is 1. The van der Waals surface area contributed by atoms with Crippen LogP contribution >= 0.6 is 51.5 Å². The van der Waals surface area contributed by atoms with Crippen molar-refractivity contribution in [3.05, 3.63) is 61.9 Å². The minimum Gasteiger partial charge on any atom is -0.490 e. The lowest BCUT2D eigenvalue weighted by Gasteiger charge is -2.55.